The maximum atomic E-state index is 6.17. The van der Waals surface area contributed by atoms with Crippen molar-refractivity contribution in [3.63, 3.8) is 0 Å². The van der Waals surface area contributed by atoms with Crippen molar-refractivity contribution < 1.29 is 30.7 Å². The van der Waals surface area contributed by atoms with E-state index in [2.05, 4.69) is 0 Å². The molecule has 0 aromatic rings. The van der Waals surface area contributed by atoms with E-state index in [1.165, 1.54) is 0 Å². The maximum absolute atomic E-state index is 6.17. The van der Waals surface area contributed by atoms with Gasteiger partial charge in [0.05, 0.1) is 0 Å². The molecule has 2 heterocycles. The van der Waals surface area contributed by atoms with E-state index in [9.17, 15) is 0 Å². The predicted molar refractivity (Wildman–Crippen MR) is 95.2 cm³/mol. The average Bonchev–Trinajstić information content (AvgIpc) is 2.50. The Morgan fingerprint density at radius 2 is 1.44 bits per heavy atom. The summed E-state index contributed by atoms with van der Waals surface area (Å²) in [6.45, 7) is 12.0. The van der Waals surface area contributed by atoms with Crippen molar-refractivity contribution in [1.29, 1.82) is 0 Å². The summed E-state index contributed by atoms with van der Waals surface area (Å²) in [5.74, 6) is 1.69. The summed E-state index contributed by atoms with van der Waals surface area (Å²) in [7, 11) is -5.86. The van der Waals surface area contributed by atoms with Gasteiger partial charge in [-0.2, -0.15) is 0 Å². The van der Waals surface area contributed by atoms with Crippen molar-refractivity contribution in [1.82, 2.24) is 0 Å². The first-order chi connectivity index (χ1) is 11.8. The third-order valence-electron chi connectivity index (χ3n) is 3.63. The first-order valence-electron chi connectivity index (χ1n) is 8.89. The molecule has 0 saturated heterocycles. The van der Waals surface area contributed by atoms with Gasteiger partial charge in [-0.05, 0) is 0 Å². The molecule has 8 heteroatoms. The molecule has 25 heavy (non-hydrogen) atoms. The molecule has 0 atom stereocenters. The second-order valence-corrected chi connectivity index (χ2v) is 10.1. The van der Waals surface area contributed by atoms with Gasteiger partial charge in [0.2, 0.25) is 0 Å². The molecule has 1 spiro atoms. The van der Waals surface area contributed by atoms with Gasteiger partial charge in [-0.1, -0.05) is 0 Å². The van der Waals surface area contributed by atoms with Crippen LogP contribution in [0.1, 0.15) is 54.4 Å². The van der Waals surface area contributed by atoms with E-state index in [0.717, 1.165) is 0 Å². The Morgan fingerprint density at radius 3 is 1.92 bits per heavy atom. The summed E-state index contributed by atoms with van der Waals surface area (Å²) in [5, 5.41) is 0. The van der Waals surface area contributed by atoms with Gasteiger partial charge in [0.15, 0.2) is 0 Å². The van der Waals surface area contributed by atoms with Gasteiger partial charge < -0.3 is 0 Å². The zero-order chi connectivity index (χ0) is 18.6. The van der Waals surface area contributed by atoms with Gasteiger partial charge in [-0.25, -0.2) is 0 Å². The van der Waals surface area contributed by atoms with Crippen molar-refractivity contribution in [2.24, 2.45) is 0 Å². The van der Waals surface area contributed by atoms with Gasteiger partial charge in [-0.3, -0.25) is 0 Å². The van der Waals surface area contributed by atoms with Crippen LogP contribution in [-0.2, 0) is 30.7 Å². The average molecular weight is 375 g/mol. The van der Waals surface area contributed by atoms with Gasteiger partial charge in [0.1, 0.15) is 0 Å². The quantitative estimate of drug-likeness (QED) is 0.389. The fourth-order valence-corrected chi connectivity index (χ4v) is 7.72. The molecule has 0 saturated carbocycles. The van der Waals surface area contributed by atoms with Crippen LogP contribution in [0.5, 0.6) is 0 Å². The van der Waals surface area contributed by atoms with Crippen LogP contribution in [0.15, 0.2) is 23.7 Å². The molecule has 0 unspecified atom stereocenters. The van der Waals surface area contributed by atoms with Crippen LogP contribution in [-0.4, -0.2) is 39.7 Å². The van der Waals surface area contributed by atoms with E-state index in [0.29, 0.717) is 36.8 Å². The standard InChI is InChI=1S/C17H30O7Si/c1-7-10-19-25(20-11-8-2,21-14(4)12-15(5)22-25)23-16(6)13-17(24-25)18-9-3/h12-13H,7-11H2,1-6H3. The number of allylic oxidation sites excluding steroid dienone is 3. The zero-order valence-corrected chi connectivity index (χ0v) is 17.0. The van der Waals surface area contributed by atoms with E-state index in [1.807, 2.05) is 20.8 Å². The Balaban J connectivity index is 2.78. The van der Waals surface area contributed by atoms with E-state index >= 15 is 0 Å². The molecule has 0 bridgehead atoms. The van der Waals surface area contributed by atoms with Crippen molar-refractivity contribution in [3.8, 4) is 0 Å². The van der Waals surface area contributed by atoms with E-state index in [1.54, 1.807) is 32.9 Å². The van der Waals surface area contributed by atoms with Gasteiger partial charge >= 0.3 is 148 Å². The van der Waals surface area contributed by atoms with Crippen molar-refractivity contribution in [3.05, 3.63) is 23.7 Å². The first-order valence-corrected chi connectivity index (χ1v) is 11.3. The molecule has 0 aromatic heterocycles. The third-order valence-corrected chi connectivity index (χ3v) is 8.05. The molecule has 0 aliphatic carbocycles. The molecule has 0 radical (unpaired) electrons. The molecular weight excluding hydrogens is 344 g/mol. The number of hydrogen-bond acceptors (Lipinski definition) is 5. The normalized spacial score (nSPS) is 25.5. The second-order valence-electron chi connectivity index (χ2n) is 6.23. The van der Waals surface area contributed by atoms with Gasteiger partial charge in [0.25, 0.3) is 0 Å². The summed E-state index contributed by atoms with van der Waals surface area (Å²) < 4.78 is 42.5. The van der Waals surface area contributed by atoms with Crippen molar-refractivity contribution >= 4 is 19.8 Å². The molecule has 7 nitrogen and oxygen atoms in total. The van der Waals surface area contributed by atoms with Crippen LogP contribution in [0, 0.1) is 0 Å². The van der Waals surface area contributed by atoms with Crippen LogP contribution in [0.25, 0.3) is 0 Å². The second kappa shape index (κ2) is 6.58. The Labute approximate surface area is 149 Å². The Hall–Kier alpha value is -1.64. The number of rotatable bonds is 7. The molecule has 0 amide bonds. The minimum absolute atomic E-state index is 0.186. The fraction of sp³-hybridized carbons (Fsp3) is 0.647. The van der Waals surface area contributed by atoms with Crippen molar-refractivity contribution in [2.45, 2.75) is 54.4 Å². The fourth-order valence-electron chi connectivity index (χ4n) is 3.00. The SMILES string of the molecule is CCCO[Si-2]12(OCCC)(OC(C)=CC(C)=[O+]1)OC(C)=CC(OCC)=[O+]2. The van der Waals surface area contributed by atoms with Crippen LogP contribution in [0.4, 0.5) is 0 Å². The summed E-state index contributed by atoms with van der Waals surface area (Å²) in [6, 6.07) is 0. The van der Waals surface area contributed by atoms with Gasteiger partial charge in [-0.15, -0.1) is 0 Å². The molecule has 2 rings (SSSR count). The first kappa shape index (κ1) is 19.7. The molecule has 2 aliphatic rings. The van der Waals surface area contributed by atoms with Crippen LogP contribution < -0.4 is 0 Å². The molecule has 0 aromatic carbocycles. The van der Waals surface area contributed by atoms with Crippen LogP contribution in [0.2, 0.25) is 0 Å². The van der Waals surface area contributed by atoms with E-state index in [4.69, 9.17) is 30.7 Å². The molecular formula is C17H30O7Si. The van der Waals surface area contributed by atoms with E-state index in [-0.39, 0.29) is 19.2 Å². The summed E-state index contributed by atoms with van der Waals surface area (Å²) in [6.07, 6.45) is 4.74. The van der Waals surface area contributed by atoms with Crippen molar-refractivity contribution in [2.75, 3.05) is 19.8 Å². The molecule has 0 fully saturated rings. The number of hydrogen-bond donors (Lipinski definition) is 0. The molecule has 144 valence electrons. The monoisotopic (exact) mass is 374 g/mol. The number of ketones is 1. The Morgan fingerprint density at radius 1 is 0.880 bits per heavy atom. The molecule has 0 N–H and O–H groups in total. The minimum atomic E-state index is -5.86. The summed E-state index contributed by atoms with van der Waals surface area (Å²) in [5.41, 5.74) is 0. The van der Waals surface area contributed by atoms with E-state index < -0.39 is 8.09 Å². The number of ether oxygens (including phenoxy) is 1. The zero-order valence-electron chi connectivity index (χ0n) is 16.0. The Bertz CT molecular complexity index is 646. The summed E-state index contributed by atoms with van der Waals surface area (Å²) in [4.78, 5) is 0. The van der Waals surface area contributed by atoms with Crippen LogP contribution in [0.3, 0.4) is 0 Å². The number of esters is 1. The van der Waals surface area contributed by atoms with Gasteiger partial charge in [0, 0.05) is 0 Å². The predicted octanol–water partition coefficient (Wildman–Crippen LogP) is 3.27. The molecule has 2 aliphatic heterocycles. The topological polar surface area (TPSA) is 68.8 Å². The number of carbonyl (C=O) groups excluding carboxylic acids is 2. The summed E-state index contributed by atoms with van der Waals surface area (Å²) >= 11 is 0. The Kier molecular flexibility index (Phi) is 5.18. The third kappa shape index (κ3) is 3.51. The van der Waals surface area contributed by atoms with Crippen LogP contribution >= 0.6 is 0 Å².